The normalized spacial score (nSPS) is 12.0. The lowest BCUT2D eigenvalue weighted by Crippen LogP contribution is -2.16. The van der Waals surface area contributed by atoms with Crippen molar-refractivity contribution >= 4 is 56.2 Å². The maximum atomic E-state index is 12.2. The summed E-state index contributed by atoms with van der Waals surface area (Å²) in [4.78, 5) is 17.0. The molecule has 3 aromatic rings. The van der Waals surface area contributed by atoms with E-state index in [0.717, 1.165) is 29.0 Å². The van der Waals surface area contributed by atoms with Crippen LogP contribution in [0.1, 0.15) is 30.3 Å². The van der Waals surface area contributed by atoms with E-state index in [1.54, 1.807) is 18.4 Å². The predicted molar refractivity (Wildman–Crippen MR) is 143 cm³/mol. The van der Waals surface area contributed by atoms with Crippen molar-refractivity contribution in [2.24, 2.45) is 0 Å². The van der Waals surface area contributed by atoms with E-state index in [1.807, 2.05) is 24.3 Å². The van der Waals surface area contributed by atoms with Crippen LogP contribution < -0.4 is 5.32 Å². The van der Waals surface area contributed by atoms with Gasteiger partial charge in [-0.2, -0.15) is 4.37 Å². The third-order valence-electron chi connectivity index (χ3n) is 4.85. The molecule has 184 valence electrons. The standard InChI is InChI=1S/C24H26N4O4S3/c1-15(2)18-10-5-6-11-20(18)26-21(13-19(25)24(29)32-14-33-3)23-27-22(28-34-23)16-8-7-9-17(12-16)35(4,30)31/h5-13,15,25-26H,14H2,1-4H3/b21-13-,25-19?. The van der Waals surface area contributed by atoms with Gasteiger partial charge in [-0.3, -0.25) is 5.41 Å². The monoisotopic (exact) mass is 530 g/mol. The van der Waals surface area contributed by atoms with Crippen LogP contribution in [-0.4, -0.2) is 47.9 Å². The number of hydrogen-bond donors (Lipinski definition) is 2. The Morgan fingerprint density at radius 2 is 1.97 bits per heavy atom. The average molecular weight is 531 g/mol. The molecular formula is C24H26N4O4S3. The van der Waals surface area contributed by atoms with E-state index in [0.29, 0.717) is 22.1 Å². The van der Waals surface area contributed by atoms with E-state index in [4.69, 9.17) is 10.1 Å². The number of thioether (sulfide) groups is 1. The van der Waals surface area contributed by atoms with Gasteiger partial charge in [0, 0.05) is 17.5 Å². The number of rotatable bonds is 10. The minimum Gasteiger partial charge on any atom is -0.450 e. The van der Waals surface area contributed by atoms with Crippen molar-refractivity contribution in [1.29, 1.82) is 5.41 Å². The fourth-order valence-electron chi connectivity index (χ4n) is 3.12. The van der Waals surface area contributed by atoms with E-state index >= 15 is 0 Å². The average Bonchev–Trinajstić information content (AvgIpc) is 3.32. The van der Waals surface area contributed by atoms with E-state index < -0.39 is 15.8 Å². The van der Waals surface area contributed by atoms with Crippen LogP contribution in [0.4, 0.5) is 5.69 Å². The topological polar surface area (TPSA) is 122 Å². The SMILES string of the molecule is CSCOC(=O)C(=N)/C=C(\Nc1ccccc1C(C)C)c1nc(-c2cccc(S(C)(=O)=O)c2)ns1. The highest BCUT2D eigenvalue weighted by molar-refractivity contribution is 7.98. The van der Waals surface area contributed by atoms with Gasteiger partial charge in [-0.25, -0.2) is 18.2 Å². The second-order valence-corrected chi connectivity index (χ2v) is 11.5. The van der Waals surface area contributed by atoms with Gasteiger partial charge < -0.3 is 10.1 Å². The Balaban J connectivity index is 2.02. The summed E-state index contributed by atoms with van der Waals surface area (Å²) in [5, 5.41) is 12.0. The number of nitrogens with zero attached hydrogens (tertiary/aromatic N) is 2. The van der Waals surface area contributed by atoms with Crippen LogP contribution in [0.5, 0.6) is 0 Å². The molecule has 2 N–H and O–H groups in total. The maximum Gasteiger partial charge on any atom is 0.357 e. The van der Waals surface area contributed by atoms with Crippen LogP contribution in [-0.2, 0) is 19.4 Å². The molecule has 35 heavy (non-hydrogen) atoms. The van der Waals surface area contributed by atoms with Gasteiger partial charge in [0.15, 0.2) is 20.7 Å². The minimum absolute atomic E-state index is 0.146. The summed E-state index contributed by atoms with van der Waals surface area (Å²) in [6, 6.07) is 14.2. The molecule has 0 radical (unpaired) electrons. The lowest BCUT2D eigenvalue weighted by Gasteiger charge is -2.15. The van der Waals surface area contributed by atoms with Crippen molar-refractivity contribution in [2.75, 3.05) is 23.8 Å². The number of benzene rings is 2. The number of carbonyl (C=O) groups is 1. The molecule has 1 aromatic heterocycles. The summed E-state index contributed by atoms with van der Waals surface area (Å²) >= 11 is 2.41. The third kappa shape index (κ3) is 7.00. The molecule has 1 heterocycles. The van der Waals surface area contributed by atoms with Crippen molar-refractivity contribution in [3.63, 3.8) is 0 Å². The lowest BCUT2D eigenvalue weighted by atomic mass is 10.0. The van der Waals surface area contributed by atoms with Crippen LogP contribution in [0.3, 0.4) is 0 Å². The first-order chi connectivity index (χ1) is 16.6. The summed E-state index contributed by atoms with van der Waals surface area (Å²) in [5.41, 5.74) is 2.49. The number of anilines is 1. The molecule has 3 rings (SSSR count). The molecule has 0 saturated heterocycles. The van der Waals surface area contributed by atoms with E-state index in [2.05, 4.69) is 28.5 Å². The molecule has 2 aromatic carbocycles. The molecule has 0 aliphatic heterocycles. The Labute approximate surface area is 213 Å². The van der Waals surface area contributed by atoms with Crippen molar-refractivity contribution in [3.05, 3.63) is 65.2 Å². The summed E-state index contributed by atoms with van der Waals surface area (Å²) in [6.45, 7) is 4.15. The van der Waals surface area contributed by atoms with Crippen molar-refractivity contribution in [1.82, 2.24) is 9.36 Å². The molecule has 0 fully saturated rings. The highest BCUT2D eigenvalue weighted by Crippen LogP contribution is 2.29. The zero-order valence-electron chi connectivity index (χ0n) is 19.7. The van der Waals surface area contributed by atoms with Gasteiger partial charge in [-0.1, -0.05) is 44.2 Å². The molecule has 0 aliphatic carbocycles. The van der Waals surface area contributed by atoms with Gasteiger partial charge in [0.2, 0.25) is 0 Å². The predicted octanol–water partition coefficient (Wildman–Crippen LogP) is 5.07. The van der Waals surface area contributed by atoms with Crippen LogP contribution in [0, 0.1) is 5.41 Å². The highest BCUT2D eigenvalue weighted by atomic mass is 32.2. The molecule has 0 spiro atoms. The summed E-state index contributed by atoms with van der Waals surface area (Å²) in [7, 11) is -3.39. The first-order valence-corrected chi connectivity index (χ1v) is 14.6. The molecule has 11 heteroatoms. The van der Waals surface area contributed by atoms with Crippen molar-refractivity contribution in [2.45, 2.75) is 24.7 Å². The van der Waals surface area contributed by atoms with Gasteiger partial charge >= 0.3 is 5.97 Å². The maximum absolute atomic E-state index is 12.2. The zero-order chi connectivity index (χ0) is 25.6. The van der Waals surface area contributed by atoms with E-state index in [9.17, 15) is 13.2 Å². The van der Waals surface area contributed by atoms with Gasteiger partial charge in [0.1, 0.15) is 11.7 Å². The van der Waals surface area contributed by atoms with Crippen LogP contribution in [0.25, 0.3) is 17.1 Å². The first kappa shape index (κ1) is 26.6. The molecular weight excluding hydrogens is 504 g/mol. The lowest BCUT2D eigenvalue weighted by molar-refractivity contribution is -0.133. The second-order valence-electron chi connectivity index (χ2n) is 7.90. The van der Waals surface area contributed by atoms with Crippen LogP contribution in [0.2, 0.25) is 0 Å². The molecule has 0 bridgehead atoms. The number of aromatic nitrogens is 2. The van der Waals surface area contributed by atoms with Gasteiger partial charge in [-0.15, -0.1) is 11.8 Å². The quantitative estimate of drug-likeness (QED) is 0.212. The zero-order valence-corrected chi connectivity index (χ0v) is 22.2. The Bertz CT molecular complexity index is 1360. The fraction of sp³-hybridized carbons (Fsp3) is 0.250. The molecule has 8 nitrogen and oxygen atoms in total. The number of sulfone groups is 1. The number of hydrogen-bond acceptors (Lipinski definition) is 10. The van der Waals surface area contributed by atoms with Crippen molar-refractivity contribution in [3.8, 4) is 11.4 Å². The molecule has 0 saturated carbocycles. The smallest absolute Gasteiger partial charge is 0.357 e. The summed E-state index contributed by atoms with van der Waals surface area (Å²) in [5.74, 6) is -0.0268. The number of para-hydroxylation sites is 1. The Morgan fingerprint density at radius 1 is 1.23 bits per heavy atom. The van der Waals surface area contributed by atoms with Crippen molar-refractivity contribution < 1.29 is 17.9 Å². The number of carbonyl (C=O) groups excluding carboxylic acids is 1. The van der Waals surface area contributed by atoms with Gasteiger partial charge in [0.05, 0.1) is 10.6 Å². The summed E-state index contributed by atoms with van der Waals surface area (Å²) < 4.78 is 33.4. The third-order valence-corrected chi connectivity index (χ3v) is 7.06. The highest BCUT2D eigenvalue weighted by Gasteiger charge is 2.18. The van der Waals surface area contributed by atoms with E-state index in [-0.39, 0.29) is 22.5 Å². The number of nitrogens with one attached hydrogen (secondary N) is 2. The minimum atomic E-state index is -3.39. The Kier molecular flexibility index (Phi) is 8.82. The Morgan fingerprint density at radius 3 is 2.66 bits per heavy atom. The second kappa shape index (κ2) is 11.6. The van der Waals surface area contributed by atoms with Gasteiger partial charge in [0.25, 0.3) is 0 Å². The van der Waals surface area contributed by atoms with Gasteiger partial charge in [-0.05, 0) is 53.5 Å². The fourth-order valence-corrected chi connectivity index (χ4v) is 4.67. The molecule has 0 aliphatic rings. The Hall–Kier alpha value is -3.02. The van der Waals surface area contributed by atoms with E-state index in [1.165, 1.54) is 30.0 Å². The molecule has 0 amide bonds. The van der Waals surface area contributed by atoms with Crippen LogP contribution in [0.15, 0.2) is 59.5 Å². The molecule has 0 atom stereocenters. The number of ether oxygens (including phenoxy) is 1. The number of esters is 1. The largest absolute Gasteiger partial charge is 0.450 e. The molecule has 0 unspecified atom stereocenters. The first-order valence-electron chi connectivity index (χ1n) is 10.6. The van der Waals surface area contributed by atoms with Crippen LogP contribution >= 0.6 is 23.3 Å². The summed E-state index contributed by atoms with van der Waals surface area (Å²) in [6.07, 6.45) is 4.31.